The number of hydrogen-bond acceptors (Lipinski definition) is 1. The maximum atomic E-state index is 11.7. The van der Waals surface area contributed by atoms with Crippen molar-refractivity contribution in [3.05, 3.63) is 71.3 Å². The Morgan fingerprint density at radius 3 is 2.47 bits per heavy atom. The van der Waals surface area contributed by atoms with Gasteiger partial charge in [-0.1, -0.05) is 54.6 Å². The molecule has 2 aromatic carbocycles. The van der Waals surface area contributed by atoms with Gasteiger partial charge in [-0.3, -0.25) is 4.79 Å². The first kappa shape index (κ1) is 12.0. The van der Waals surface area contributed by atoms with Crippen LogP contribution in [-0.4, -0.2) is 17.4 Å². The molecule has 1 aliphatic rings. The lowest BCUT2D eigenvalue weighted by Gasteiger charge is -2.34. The van der Waals surface area contributed by atoms with Crippen LogP contribution in [0.5, 0.6) is 0 Å². The third kappa shape index (κ3) is 2.26. The average Bonchev–Trinajstić information content (AvgIpc) is 2.47. The van der Waals surface area contributed by atoms with E-state index in [0.717, 1.165) is 13.1 Å². The van der Waals surface area contributed by atoms with E-state index in [1.807, 2.05) is 17.0 Å². The second kappa shape index (κ2) is 4.88. The van der Waals surface area contributed by atoms with Gasteiger partial charge < -0.3 is 4.90 Å². The molecule has 0 aromatic heterocycles. The summed E-state index contributed by atoms with van der Waals surface area (Å²) in [5.41, 5.74) is 3.89. The highest BCUT2D eigenvalue weighted by Crippen LogP contribution is 2.33. The zero-order valence-corrected chi connectivity index (χ0v) is 11.0. The zero-order valence-electron chi connectivity index (χ0n) is 11.0. The van der Waals surface area contributed by atoms with Gasteiger partial charge in [0.25, 0.3) is 0 Å². The molecule has 1 unspecified atom stereocenters. The van der Waals surface area contributed by atoms with E-state index >= 15 is 0 Å². The van der Waals surface area contributed by atoms with Crippen molar-refractivity contribution in [3.63, 3.8) is 0 Å². The third-order valence-electron chi connectivity index (χ3n) is 3.84. The quantitative estimate of drug-likeness (QED) is 0.762. The number of hydrogen-bond donors (Lipinski definition) is 0. The van der Waals surface area contributed by atoms with E-state index in [4.69, 9.17) is 0 Å². The first-order chi connectivity index (χ1) is 9.25. The summed E-state index contributed by atoms with van der Waals surface area (Å²) in [5, 5.41) is 0. The summed E-state index contributed by atoms with van der Waals surface area (Å²) in [6, 6.07) is 18.9. The SMILES string of the molecule is CC(=O)N1Cc2ccccc2C(c2ccccc2)C1. The summed E-state index contributed by atoms with van der Waals surface area (Å²) in [6.07, 6.45) is 0. The zero-order chi connectivity index (χ0) is 13.2. The van der Waals surface area contributed by atoms with Gasteiger partial charge in [0.1, 0.15) is 0 Å². The van der Waals surface area contributed by atoms with Crippen LogP contribution in [0.15, 0.2) is 54.6 Å². The van der Waals surface area contributed by atoms with Gasteiger partial charge in [0.2, 0.25) is 5.91 Å². The Hall–Kier alpha value is -2.09. The van der Waals surface area contributed by atoms with Gasteiger partial charge in [-0.2, -0.15) is 0 Å². The Labute approximate surface area is 113 Å². The van der Waals surface area contributed by atoms with Gasteiger partial charge in [0.15, 0.2) is 0 Å². The molecular formula is C17H17NO. The number of carbonyl (C=O) groups excluding carboxylic acids is 1. The molecule has 1 atom stereocenters. The molecular weight excluding hydrogens is 234 g/mol. The fraction of sp³-hybridized carbons (Fsp3) is 0.235. The minimum Gasteiger partial charge on any atom is -0.338 e. The summed E-state index contributed by atoms with van der Waals surface area (Å²) in [4.78, 5) is 13.6. The first-order valence-electron chi connectivity index (χ1n) is 6.64. The van der Waals surface area contributed by atoms with Crippen LogP contribution < -0.4 is 0 Å². The summed E-state index contributed by atoms with van der Waals surface area (Å²) in [5.74, 6) is 0.436. The second-order valence-corrected chi connectivity index (χ2v) is 5.06. The van der Waals surface area contributed by atoms with Gasteiger partial charge in [0, 0.05) is 25.9 Å². The molecule has 0 radical (unpaired) electrons. The van der Waals surface area contributed by atoms with Gasteiger partial charge >= 0.3 is 0 Å². The van der Waals surface area contributed by atoms with Gasteiger partial charge in [-0.25, -0.2) is 0 Å². The second-order valence-electron chi connectivity index (χ2n) is 5.06. The van der Waals surface area contributed by atoms with E-state index < -0.39 is 0 Å². The molecule has 2 aromatic rings. The summed E-state index contributed by atoms with van der Waals surface area (Å²) in [7, 11) is 0. The molecule has 0 saturated carbocycles. The minimum absolute atomic E-state index is 0.149. The number of fused-ring (bicyclic) bond motifs is 1. The Morgan fingerprint density at radius 2 is 1.74 bits per heavy atom. The van der Waals surface area contributed by atoms with Crippen LogP contribution in [0.1, 0.15) is 29.5 Å². The molecule has 96 valence electrons. The molecule has 2 heteroatoms. The maximum absolute atomic E-state index is 11.7. The predicted molar refractivity (Wildman–Crippen MR) is 75.8 cm³/mol. The van der Waals surface area contributed by atoms with Crippen molar-refractivity contribution in [2.75, 3.05) is 6.54 Å². The maximum Gasteiger partial charge on any atom is 0.219 e. The van der Waals surface area contributed by atoms with Crippen LogP contribution in [0.3, 0.4) is 0 Å². The highest BCUT2D eigenvalue weighted by Gasteiger charge is 2.27. The predicted octanol–water partition coefficient (Wildman–Crippen LogP) is 3.18. The molecule has 1 aliphatic heterocycles. The Morgan fingerprint density at radius 1 is 1.05 bits per heavy atom. The fourth-order valence-corrected chi connectivity index (χ4v) is 2.82. The van der Waals surface area contributed by atoms with Crippen molar-refractivity contribution < 1.29 is 4.79 Å². The van der Waals surface area contributed by atoms with E-state index in [1.54, 1.807) is 6.92 Å². The van der Waals surface area contributed by atoms with Crippen molar-refractivity contribution in [1.82, 2.24) is 4.90 Å². The molecule has 3 rings (SSSR count). The first-order valence-corrected chi connectivity index (χ1v) is 6.64. The molecule has 0 bridgehead atoms. The van der Waals surface area contributed by atoms with E-state index in [-0.39, 0.29) is 11.8 Å². The molecule has 0 fully saturated rings. The van der Waals surface area contributed by atoms with Gasteiger partial charge in [-0.15, -0.1) is 0 Å². The summed E-state index contributed by atoms with van der Waals surface area (Å²) >= 11 is 0. The summed E-state index contributed by atoms with van der Waals surface area (Å²) < 4.78 is 0. The lowest BCUT2D eigenvalue weighted by molar-refractivity contribution is -0.129. The smallest absolute Gasteiger partial charge is 0.219 e. The van der Waals surface area contributed by atoms with Crippen molar-refractivity contribution in [2.24, 2.45) is 0 Å². The van der Waals surface area contributed by atoms with Crippen LogP contribution >= 0.6 is 0 Å². The van der Waals surface area contributed by atoms with E-state index in [9.17, 15) is 4.79 Å². The number of carbonyl (C=O) groups is 1. The molecule has 1 heterocycles. The van der Waals surface area contributed by atoms with Crippen molar-refractivity contribution in [2.45, 2.75) is 19.4 Å². The highest BCUT2D eigenvalue weighted by molar-refractivity contribution is 5.74. The fourth-order valence-electron chi connectivity index (χ4n) is 2.82. The highest BCUT2D eigenvalue weighted by atomic mass is 16.2. The monoisotopic (exact) mass is 251 g/mol. The van der Waals surface area contributed by atoms with Gasteiger partial charge in [-0.05, 0) is 16.7 Å². The van der Waals surface area contributed by atoms with Gasteiger partial charge in [0.05, 0.1) is 0 Å². The normalized spacial score (nSPS) is 17.9. The standard InChI is InChI=1S/C17H17NO/c1-13(19)18-11-15-9-5-6-10-16(15)17(12-18)14-7-3-2-4-8-14/h2-10,17H,11-12H2,1H3. The number of benzene rings is 2. The molecule has 19 heavy (non-hydrogen) atoms. The topological polar surface area (TPSA) is 20.3 Å². The van der Waals surface area contributed by atoms with E-state index in [2.05, 4.69) is 42.5 Å². The molecule has 2 nitrogen and oxygen atoms in total. The Bertz CT molecular complexity index is 591. The van der Waals surface area contributed by atoms with Crippen LogP contribution in [-0.2, 0) is 11.3 Å². The third-order valence-corrected chi connectivity index (χ3v) is 3.84. The van der Waals surface area contributed by atoms with Crippen LogP contribution in [0, 0.1) is 0 Å². The van der Waals surface area contributed by atoms with Crippen LogP contribution in [0.4, 0.5) is 0 Å². The van der Waals surface area contributed by atoms with Crippen LogP contribution in [0.25, 0.3) is 0 Å². The summed E-state index contributed by atoms with van der Waals surface area (Å²) in [6.45, 7) is 3.15. The molecule has 0 N–H and O–H groups in total. The molecule has 1 amide bonds. The Kier molecular flexibility index (Phi) is 3.08. The number of nitrogens with zero attached hydrogens (tertiary/aromatic N) is 1. The lowest BCUT2D eigenvalue weighted by Crippen LogP contribution is -2.37. The van der Waals surface area contributed by atoms with Crippen molar-refractivity contribution in [3.8, 4) is 0 Å². The number of amides is 1. The largest absolute Gasteiger partial charge is 0.338 e. The number of rotatable bonds is 1. The minimum atomic E-state index is 0.149. The van der Waals surface area contributed by atoms with Crippen LogP contribution in [0.2, 0.25) is 0 Å². The molecule has 0 saturated heterocycles. The van der Waals surface area contributed by atoms with E-state index in [0.29, 0.717) is 0 Å². The van der Waals surface area contributed by atoms with E-state index in [1.165, 1.54) is 16.7 Å². The Balaban J connectivity index is 2.06. The lowest BCUT2D eigenvalue weighted by atomic mass is 9.85. The van der Waals surface area contributed by atoms with Crippen molar-refractivity contribution >= 4 is 5.91 Å². The average molecular weight is 251 g/mol. The molecule has 0 spiro atoms. The molecule has 0 aliphatic carbocycles. The van der Waals surface area contributed by atoms with Crippen molar-refractivity contribution in [1.29, 1.82) is 0 Å².